The van der Waals surface area contributed by atoms with Crippen molar-refractivity contribution in [2.75, 3.05) is 14.2 Å². The second-order valence-electron chi connectivity index (χ2n) is 8.36. The second kappa shape index (κ2) is 8.70. The van der Waals surface area contributed by atoms with E-state index < -0.39 is 0 Å². The zero-order valence-corrected chi connectivity index (χ0v) is 21.5. The van der Waals surface area contributed by atoms with E-state index in [1.165, 1.54) is 16.9 Å². The van der Waals surface area contributed by atoms with Crippen LogP contribution in [0.15, 0.2) is 79.0 Å². The summed E-state index contributed by atoms with van der Waals surface area (Å²) in [6.45, 7) is 0. The number of halogens is 1. The maximum Gasteiger partial charge on any atom is 0.271 e. The predicted molar refractivity (Wildman–Crippen MR) is 139 cm³/mol. The Balaban J connectivity index is 1.67. The maximum atomic E-state index is 13.8. The minimum absolute atomic E-state index is 0.110. The Morgan fingerprint density at radius 1 is 1.11 bits per heavy atom. The summed E-state index contributed by atoms with van der Waals surface area (Å²) in [6.07, 6.45) is 3.46. The Hall–Kier alpha value is -3.36. The van der Waals surface area contributed by atoms with Crippen LogP contribution in [0, 0.1) is 0 Å². The summed E-state index contributed by atoms with van der Waals surface area (Å²) in [5, 5.41) is 0. The molecule has 0 saturated carbocycles. The Morgan fingerprint density at radius 2 is 1.97 bits per heavy atom. The number of rotatable bonds is 4. The van der Waals surface area contributed by atoms with Gasteiger partial charge in [0, 0.05) is 17.2 Å². The van der Waals surface area contributed by atoms with E-state index in [0.717, 1.165) is 35.2 Å². The molecule has 2 aromatic carbocycles. The highest BCUT2D eigenvalue weighted by Gasteiger charge is 2.34. The normalized spacial score (nSPS) is 16.9. The maximum absolute atomic E-state index is 13.8. The molecule has 4 aromatic rings. The molecule has 0 spiro atoms. The molecule has 0 bridgehead atoms. The number of hydrogen-bond acceptors (Lipinski definition) is 6. The van der Waals surface area contributed by atoms with Gasteiger partial charge in [0.1, 0.15) is 17.3 Å². The molecule has 0 saturated heterocycles. The topological polar surface area (TPSA) is 66.0 Å². The van der Waals surface area contributed by atoms with Crippen LogP contribution in [0.5, 0.6) is 11.5 Å². The van der Waals surface area contributed by atoms with E-state index in [-0.39, 0.29) is 11.6 Å². The lowest BCUT2D eigenvalue weighted by atomic mass is 9.83. The van der Waals surface area contributed by atoms with Gasteiger partial charge in [-0.15, -0.1) is 0 Å². The number of aryl methyl sites for hydroxylation is 1. The molecule has 1 atom stereocenters. The average Bonchev–Trinajstić information content (AvgIpc) is 3.44. The third-order valence-electron chi connectivity index (χ3n) is 6.47. The average molecular weight is 549 g/mol. The van der Waals surface area contributed by atoms with Gasteiger partial charge in [-0.25, -0.2) is 4.99 Å². The summed E-state index contributed by atoms with van der Waals surface area (Å²) >= 11 is 4.69. The van der Waals surface area contributed by atoms with E-state index in [0.29, 0.717) is 31.3 Å². The number of ether oxygens (including phenoxy) is 2. The van der Waals surface area contributed by atoms with E-state index in [1.807, 2.05) is 36.4 Å². The molecule has 3 heterocycles. The van der Waals surface area contributed by atoms with Gasteiger partial charge in [-0.2, -0.15) is 0 Å². The molecule has 6 rings (SSSR count). The fraction of sp³-hybridized carbons (Fsp3) is 0.185. The standard InChI is InChI=1S/C27H21BrN2O4S/c1-32-16-8-11-21(33-2)20(13-16)25-19-10-7-15-5-3-4-6-18(15)24(19)29-27-30(25)26(31)22(35-27)14-17-9-12-23(28)34-17/h3-6,8-9,11-14,25H,7,10H2,1-2H3/b22-14+/t25-/m1/s1. The van der Waals surface area contributed by atoms with Gasteiger partial charge in [0.25, 0.3) is 5.56 Å². The molecule has 2 aromatic heterocycles. The van der Waals surface area contributed by atoms with Gasteiger partial charge in [-0.3, -0.25) is 9.36 Å². The molecule has 0 radical (unpaired) electrons. The van der Waals surface area contributed by atoms with Crippen molar-refractivity contribution in [3.05, 3.63) is 107 Å². The fourth-order valence-electron chi connectivity index (χ4n) is 4.89. The van der Waals surface area contributed by atoms with Crippen molar-refractivity contribution < 1.29 is 13.9 Å². The van der Waals surface area contributed by atoms with E-state index in [2.05, 4.69) is 34.1 Å². The van der Waals surface area contributed by atoms with E-state index in [9.17, 15) is 4.79 Å². The van der Waals surface area contributed by atoms with E-state index >= 15 is 0 Å². The number of aromatic nitrogens is 1. The summed E-state index contributed by atoms with van der Waals surface area (Å²) in [5.74, 6) is 2.01. The van der Waals surface area contributed by atoms with Crippen LogP contribution in [0.2, 0.25) is 0 Å². The van der Waals surface area contributed by atoms with Crippen LogP contribution in [-0.4, -0.2) is 18.8 Å². The lowest BCUT2D eigenvalue weighted by molar-refractivity contribution is 0.392. The van der Waals surface area contributed by atoms with Crippen LogP contribution < -0.4 is 24.4 Å². The van der Waals surface area contributed by atoms with Gasteiger partial charge in [0.15, 0.2) is 9.47 Å². The van der Waals surface area contributed by atoms with Crippen molar-refractivity contribution >= 4 is 39.0 Å². The molecule has 8 heteroatoms. The Morgan fingerprint density at radius 3 is 2.74 bits per heavy atom. The molecule has 1 aliphatic carbocycles. The molecule has 0 N–H and O–H groups in total. The van der Waals surface area contributed by atoms with Gasteiger partial charge in [-0.1, -0.05) is 35.6 Å². The number of furan rings is 1. The number of nitrogens with zero attached hydrogens (tertiary/aromatic N) is 2. The molecule has 176 valence electrons. The summed E-state index contributed by atoms with van der Waals surface area (Å²) in [7, 11) is 3.29. The molecular weight excluding hydrogens is 528 g/mol. The Bertz CT molecular complexity index is 1680. The predicted octanol–water partition coefficient (Wildman–Crippen LogP) is 4.69. The largest absolute Gasteiger partial charge is 0.497 e. The van der Waals surface area contributed by atoms with Crippen molar-refractivity contribution in [1.82, 2.24) is 4.57 Å². The van der Waals surface area contributed by atoms with Crippen molar-refractivity contribution in [2.45, 2.75) is 18.9 Å². The third kappa shape index (κ3) is 3.68. The quantitative estimate of drug-likeness (QED) is 0.371. The Kier molecular flexibility index (Phi) is 5.50. The number of fused-ring (bicyclic) bond motifs is 3. The first-order valence-corrected chi connectivity index (χ1v) is 12.8. The number of methoxy groups -OCH3 is 2. The summed E-state index contributed by atoms with van der Waals surface area (Å²) in [6, 6.07) is 17.4. The lowest BCUT2D eigenvalue weighted by Gasteiger charge is -2.31. The van der Waals surface area contributed by atoms with E-state index in [4.69, 9.17) is 18.9 Å². The Labute approximate surface area is 213 Å². The first-order chi connectivity index (χ1) is 17.1. The molecular formula is C27H21BrN2O4S. The van der Waals surface area contributed by atoms with Gasteiger partial charge in [0.2, 0.25) is 0 Å². The summed E-state index contributed by atoms with van der Waals surface area (Å²) in [5.41, 5.74) is 5.20. The molecule has 0 amide bonds. The van der Waals surface area contributed by atoms with Crippen molar-refractivity contribution in [2.24, 2.45) is 4.99 Å². The van der Waals surface area contributed by atoms with Crippen molar-refractivity contribution in [3.8, 4) is 11.5 Å². The van der Waals surface area contributed by atoms with Crippen LogP contribution in [-0.2, 0) is 6.42 Å². The van der Waals surface area contributed by atoms with Crippen LogP contribution in [0.3, 0.4) is 0 Å². The zero-order chi connectivity index (χ0) is 24.1. The lowest BCUT2D eigenvalue weighted by Crippen LogP contribution is -2.39. The molecule has 6 nitrogen and oxygen atoms in total. The minimum Gasteiger partial charge on any atom is -0.497 e. The van der Waals surface area contributed by atoms with Crippen LogP contribution in [0.25, 0.3) is 11.8 Å². The third-order valence-corrected chi connectivity index (χ3v) is 7.88. The number of benzene rings is 2. The molecule has 0 unspecified atom stereocenters. The monoisotopic (exact) mass is 548 g/mol. The second-order valence-corrected chi connectivity index (χ2v) is 10.2. The van der Waals surface area contributed by atoms with Crippen LogP contribution in [0.1, 0.15) is 34.9 Å². The van der Waals surface area contributed by atoms with Crippen LogP contribution >= 0.6 is 27.3 Å². The van der Waals surface area contributed by atoms with Crippen LogP contribution in [0.4, 0.5) is 0 Å². The SMILES string of the molecule is COc1ccc(OC)c([C@H]2C3=C(N=c4s/c(=C/c5ccc(Br)o5)c(=O)n42)c2ccccc2CC3)c1. The van der Waals surface area contributed by atoms with Crippen molar-refractivity contribution in [1.29, 1.82) is 0 Å². The van der Waals surface area contributed by atoms with Gasteiger partial charge >= 0.3 is 0 Å². The molecule has 35 heavy (non-hydrogen) atoms. The molecule has 2 aliphatic rings. The number of allylic oxidation sites excluding steroid dienone is 1. The van der Waals surface area contributed by atoms with E-state index in [1.54, 1.807) is 24.9 Å². The summed E-state index contributed by atoms with van der Waals surface area (Å²) < 4.78 is 19.9. The highest BCUT2D eigenvalue weighted by molar-refractivity contribution is 9.10. The fourth-order valence-corrected chi connectivity index (χ4v) is 6.19. The van der Waals surface area contributed by atoms with Crippen molar-refractivity contribution in [3.63, 3.8) is 0 Å². The zero-order valence-electron chi connectivity index (χ0n) is 19.1. The highest BCUT2D eigenvalue weighted by Crippen LogP contribution is 2.44. The smallest absolute Gasteiger partial charge is 0.271 e. The first-order valence-electron chi connectivity index (χ1n) is 11.2. The highest BCUT2D eigenvalue weighted by atomic mass is 79.9. The van der Waals surface area contributed by atoms with Gasteiger partial charge in [0.05, 0.1) is 30.5 Å². The number of thiazole rings is 1. The number of hydrogen-bond donors (Lipinski definition) is 0. The first kappa shape index (κ1) is 22.1. The van der Waals surface area contributed by atoms with Gasteiger partial charge in [-0.05, 0) is 70.2 Å². The summed E-state index contributed by atoms with van der Waals surface area (Å²) in [4.78, 5) is 19.5. The van der Waals surface area contributed by atoms with Gasteiger partial charge < -0.3 is 13.9 Å². The molecule has 1 aliphatic heterocycles. The molecule has 0 fully saturated rings. The minimum atomic E-state index is -0.356.